The molecule has 0 spiro atoms. The highest BCUT2D eigenvalue weighted by atomic mass is 35.5. The molecule has 1 aliphatic rings. The van der Waals surface area contributed by atoms with Gasteiger partial charge in [-0.15, -0.1) is 11.6 Å². The van der Waals surface area contributed by atoms with Crippen molar-refractivity contribution in [3.8, 4) is 0 Å². The first-order chi connectivity index (χ1) is 8.56. The lowest BCUT2D eigenvalue weighted by atomic mass is 9.79. The van der Waals surface area contributed by atoms with Crippen LogP contribution in [0.4, 0.5) is 0 Å². The van der Waals surface area contributed by atoms with Gasteiger partial charge in [0, 0.05) is 5.38 Å². The monoisotopic (exact) mass is 264 g/mol. The molecule has 1 aromatic carbocycles. The van der Waals surface area contributed by atoms with Gasteiger partial charge in [0.1, 0.15) is 0 Å². The Hall–Kier alpha value is -0.490. The smallest absolute Gasteiger partial charge is 0.0367 e. The van der Waals surface area contributed by atoms with Crippen LogP contribution in [0.1, 0.15) is 57.1 Å². The minimum absolute atomic E-state index is 0.381. The SMILES string of the molecule is CC1CCC(Cl)C(Cc2ccc(C(C)C)cc2)C1. The Bertz CT molecular complexity index is 366. The first-order valence-electron chi connectivity index (χ1n) is 7.29. The summed E-state index contributed by atoms with van der Waals surface area (Å²) in [5.41, 5.74) is 2.88. The zero-order chi connectivity index (χ0) is 13.1. The average Bonchev–Trinajstić information content (AvgIpc) is 2.34. The molecule has 2 rings (SSSR count). The summed E-state index contributed by atoms with van der Waals surface area (Å²) in [6.07, 6.45) is 4.94. The summed E-state index contributed by atoms with van der Waals surface area (Å²) in [6, 6.07) is 9.13. The van der Waals surface area contributed by atoms with Crippen LogP contribution in [0.15, 0.2) is 24.3 Å². The van der Waals surface area contributed by atoms with Crippen LogP contribution in [0, 0.1) is 11.8 Å². The van der Waals surface area contributed by atoms with Gasteiger partial charge < -0.3 is 0 Å². The summed E-state index contributed by atoms with van der Waals surface area (Å²) in [5.74, 6) is 2.13. The molecular formula is C17H25Cl. The second-order valence-corrected chi connectivity index (χ2v) is 6.86. The molecule has 0 aromatic heterocycles. The van der Waals surface area contributed by atoms with E-state index in [0.29, 0.717) is 17.2 Å². The van der Waals surface area contributed by atoms with Gasteiger partial charge in [-0.3, -0.25) is 0 Å². The molecule has 1 fully saturated rings. The van der Waals surface area contributed by atoms with E-state index in [0.717, 1.165) is 12.3 Å². The summed E-state index contributed by atoms with van der Waals surface area (Å²) in [4.78, 5) is 0. The van der Waals surface area contributed by atoms with Crippen molar-refractivity contribution in [1.29, 1.82) is 0 Å². The number of rotatable bonds is 3. The molecule has 0 bridgehead atoms. The van der Waals surface area contributed by atoms with Crippen LogP contribution >= 0.6 is 11.6 Å². The maximum absolute atomic E-state index is 6.48. The standard InChI is InChI=1S/C17H25Cl/c1-12(2)15-7-5-14(6-8-15)11-16-10-13(3)4-9-17(16)18/h5-8,12-13,16-17H,4,9-11H2,1-3H3. The first-order valence-corrected chi connectivity index (χ1v) is 7.72. The van der Waals surface area contributed by atoms with E-state index in [9.17, 15) is 0 Å². The molecule has 1 saturated carbocycles. The van der Waals surface area contributed by atoms with Gasteiger partial charge in [-0.25, -0.2) is 0 Å². The first kappa shape index (κ1) is 13.9. The highest BCUT2D eigenvalue weighted by Gasteiger charge is 2.26. The topological polar surface area (TPSA) is 0 Å². The van der Waals surface area contributed by atoms with Crippen LogP contribution in [0.5, 0.6) is 0 Å². The minimum Gasteiger partial charge on any atom is -0.123 e. The van der Waals surface area contributed by atoms with Gasteiger partial charge in [-0.1, -0.05) is 45.0 Å². The second kappa shape index (κ2) is 6.10. The van der Waals surface area contributed by atoms with Gasteiger partial charge in [0.05, 0.1) is 0 Å². The highest BCUT2D eigenvalue weighted by Crippen LogP contribution is 2.34. The van der Waals surface area contributed by atoms with Crippen LogP contribution in [0.3, 0.4) is 0 Å². The molecule has 100 valence electrons. The molecule has 3 unspecified atom stereocenters. The average molecular weight is 265 g/mol. The molecule has 1 heteroatoms. The largest absolute Gasteiger partial charge is 0.123 e. The number of hydrogen-bond acceptors (Lipinski definition) is 0. The molecule has 1 aromatic rings. The van der Waals surface area contributed by atoms with E-state index in [1.807, 2.05) is 0 Å². The lowest BCUT2D eigenvalue weighted by molar-refractivity contribution is 0.287. The summed E-state index contributed by atoms with van der Waals surface area (Å²) in [7, 11) is 0. The summed E-state index contributed by atoms with van der Waals surface area (Å²) in [6.45, 7) is 6.84. The van der Waals surface area contributed by atoms with Crippen LogP contribution < -0.4 is 0 Å². The maximum atomic E-state index is 6.48. The van der Waals surface area contributed by atoms with Gasteiger partial charge >= 0.3 is 0 Å². The second-order valence-electron chi connectivity index (χ2n) is 6.29. The van der Waals surface area contributed by atoms with Crippen molar-refractivity contribution in [2.45, 2.75) is 57.7 Å². The van der Waals surface area contributed by atoms with Crippen LogP contribution in [0.25, 0.3) is 0 Å². The van der Waals surface area contributed by atoms with Crippen LogP contribution in [-0.2, 0) is 6.42 Å². The molecule has 0 N–H and O–H groups in total. The van der Waals surface area contributed by atoms with Crippen molar-refractivity contribution < 1.29 is 0 Å². The summed E-state index contributed by atoms with van der Waals surface area (Å²) >= 11 is 6.48. The molecule has 1 aliphatic carbocycles. The Morgan fingerprint density at radius 1 is 1.17 bits per heavy atom. The van der Waals surface area contributed by atoms with Crippen molar-refractivity contribution in [1.82, 2.24) is 0 Å². The van der Waals surface area contributed by atoms with Crippen molar-refractivity contribution in [3.63, 3.8) is 0 Å². The highest BCUT2D eigenvalue weighted by molar-refractivity contribution is 6.20. The fourth-order valence-corrected chi connectivity index (χ4v) is 3.33. The van der Waals surface area contributed by atoms with E-state index in [4.69, 9.17) is 11.6 Å². The van der Waals surface area contributed by atoms with Gasteiger partial charge in [-0.2, -0.15) is 0 Å². The molecule has 18 heavy (non-hydrogen) atoms. The van der Waals surface area contributed by atoms with Crippen molar-refractivity contribution in [2.24, 2.45) is 11.8 Å². The van der Waals surface area contributed by atoms with Crippen molar-refractivity contribution >= 4 is 11.6 Å². The lowest BCUT2D eigenvalue weighted by Crippen LogP contribution is -2.25. The zero-order valence-electron chi connectivity index (χ0n) is 11.8. The van der Waals surface area contributed by atoms with Gasteiger partial charge in [-0.05, 0) is 54.6 Å². The number of hydrogen-bond donors (Lipinski definition) is 0. The Kier molecular flexibility index (Phi) is 4.72. The third-order valence-electron chi connectivity index (χ3n) is 4.30. The molecule has 0 radical (unpaired) electrons. The van der Waals surface area contributed by atoms with E-state index in [1.54, 1.807) is 0 Å². The number of alkyl halides is 1. The molecule has 0 heterocycles. The Morgan fingerprint density at radius 2 is 1.83 bits per heavy atom. The predicted molar refractivity (Wildman–Crippen MR) is 80.4 cm³/mol. The van der Waals surface area contributed by atoms with E-state index in [-0.39, 0.29) is 0 Å². The fourth-order valence-electron chi connectivity index (χ4n) is 3.01. The van der Waals surface area contributed by atoms with E-state index in [1.165, 1.54) is 30.4 Å². The van der Waals surface area contributed by atoms with E-state index >= 15 is 0 Å². The number of halogens is 1. The Morgan fingerprint density at radius 3 is 2.44 bits per heavy atom. The van der Waals surface area contributed by atoms with E-state index in [2.05, 4.69) is 45.0 Å². The number of benzene rings is 1. The Labute approximate surface area is 117 Å². The van der Waals surface area contributed by atoms with Crippen LogP contribution in [-0.4, -0.2) is 5.38 Å². The molecule has 0 saturated heterocycles. The van der Waals surface area contributed by atoms with Gasteiger partial charge in [0.25, 0.3) is 0 Å². The molecule has 0 aliphatic heterocycles. The van der Waals surface area contributed by atoms with Crippen molar-refractivity contribution in [3.05, 3.63) is 35.4 Å². The molecule has 0 amide bonds. The quantitative estimate of drug-likeness (QED) is 0.642. The predicted octanol–water partition coefficient (Wildman–Crippen LogP) is 5.40. The zero-order valence-corrected chi connectivity index (χ0v) is 12.6. The van der Waals surface area contributed by atoms with Crippen LogP contribution in [0.2, 0.25) is 0 Å². The Balaban J connectivity index is 1.99. The summed E-state index contributed by atoms with van der Waals surface area (Å²) < 4.78 is 0. The fraction of sp³-hybridized carbons (Fsp3) is 0.647. The van der Waals surface area contributed by atoms with Gasteiger partial charge in [0.15, 0.2) is 0 Å². The normalized spacial score (nSPS) is 28.6. The van der Waals surface area contributed by atoms with E-state index < -0.39 is 0 Å². The third-order valence-corrected chi connectivity index (χ3v) is 4.87. The molecular weight excluding hydrogens is 240 g/mol. The third kappa shape index (κ3) is 3.51. The lowest BCUT2D eigenvalue weighted by Gasteiger charge is -2.31. The summed E-state index contributed by atoms with van der Waals surface area (Å²) in [5, 5.41) is 0.381. The maximum Gasteiger partial charge on any atom is 0.0367 e. The molecule has 3 atom stereocenters. The van der Waals surface area contributed by atoms with Gasteiger partial charge in [0.2, 0.25) is 0 Å². The molecule has 0 nitrogen and oxygen atoms in total. The van der Waals surface area contributed by atoms with Crippen molar-refractivity contribution in [2.75, 3.05) is 0 Å². The minimum atomic E-state index is 0.381.